The van der Waals surface area contributed by atoms with Gasteiger partial charge in [-0.05, 0) is 43.1 Å². The van der Waals surface area contributed by atoms with Gasteiger partial charge in [0.2, 0.25) is 0 Å². The van der Waals surface area contributed by atoms with Crippen LogP contribution in [0.15, 0.2) is 0 Å². The molecule has 0 aromatic carbocycles. The Morgan fingerprint density at radius 3 is 1.48 bits per heavy atom. The summed E-state index contributed by atoms with van der Waals surface area (Å²) in [6, 6.07) is 0. The van der Waals surface area contributed by atoms with Crippen molar-refractivity contribution >= 4 is 8.48 Å². The minimum atomic E-state index is -2.10. The van der Waals surface area contributed by atoms with E-state index in [1.54, 1.807) is 0 Å². The maximum Gasteiger partial charge on any atom is 4.00 e. The predicted octanol–water partition coefficient (Wildman–Crippen LogP) is 6.48. The average Bonchev–Trinajstić information content (AvgIpc) is 2.39. The molecule has 1 saturated carbocycles. The van der Waals surface area contributed by atoms with Crippen molar-refractivity contribution in [2.45, 2.75) is 86.0 Å². The molecule has 23 heavy (non-hydrogen) atoms. The zero-order valence-electron chi connectivity index (χ0n) is 17.8. The van der Waals surface area contributed by atoms with Crippen molar-refractivity contribution in [2.75, 3.05) is 0 Å². The summed E-state index contributed by atoms with van der Waals surface area (Å²) in [7, 11) is -2.10. The fourth-order valence-electron chi connectivity index (χ4n) is 4.39. The number of nitrogens with zero attached hydrogens (tertiary/aromatic N) is 1. The summed E-state index contributed by atoms with van der Waals surface area (Å²) in [6.07, 6.45) is 0.267. The van der Waals surface area contributed by atoms with Gasteiger partial charge >= 0.3 is 21.7 Å². The zero-order valence-corrected chi connectivity index (χ0v) is 20.4. The van der Waals surface area contributed by atoms with Crippen molar-refractivity contribution in [2.24, 2.45) is 23.7 Å². The third-order valence-electron chi connectivity index (χ3n) is 5.27. The summed E-state index contributed by atoms with van der Waals surface area (Å²) >= 11 is 0. The normalized spacial score (nSPS) is 33.3. The maximum atomic E-state index is 6.51. The van der Waals surface area contributed by atoms with Gasteiger partial charge in [0.25, 0.3) is 0 Å². The molecule has 4 heteroatoms. The SMILES string of the molecule is CC(C)O[Si](C)([N-]C(C)(C)C)C1C(C)C(C)C(C)C1C.[CH3-].[CH3-].[Ti+4]. The summed E-state index contributed by atoms with van der Waals surface area (Å²) in [5.74, 6) is 2.96. The van der Waals surface area contributed by atoms with Gasteiger partial charge in [0, 0.05) is 6.10 Å². The van der Waals surface area contributed by atoms with Crippen LogP contribution >= 0.6 is 0 Å². The van der Waals surface area contributed by atoms with Crippen LogP contribution in [0.2, 0.25) is 12.1 Å². The quantitative estimate of drug-likeness (QED) is 0.407. The number of rotatable bonds is 4. The summed E-state index contributed by atoms with van der Waals surface area (Å²) in [5, 5.41) is 0. The molecule has 1 rings (SSSR count). The van der Waals surface area contributed by atoms with Gasteiger partial charge in [-0.25, -0.2) is 0 Å². The predicted molar refractivity (Wildman–Crippen MR) is 104 cm³/mol. The molecular formula is C19H42NOSiTi+. The Kier molecular flexibility index (Phi) is 12.6. The first-order chi connectivity index (χ1) is 8.89. The second-order valence-corrected chi connectivity index (χ2v) is 11.7. The number of hydrogen-bond donors (Lipinski definition) is 0. The van der Waals surface area contributed by atoms with Crippen LogP contribution in [0.25, 0.3) is 4.98 Å². The largest absolute Gasteiger partial charge is 4.00 e. The van der Waals surface area contributed by atoms with Crippen molar-refractivity contribution < 1.29 is 26.1 Å². The molecule has 5 atom stereocenters. The molecular weight excluding hydrogens is 334 g/mol. The monoisotopic (exact) mass is 376 g/mol. The zero-order chi connectivity index (χ0) is 15.9. The molecule has 0 bridgehead atoms. The van der Waals surface area contributed by atoms with Crippen molar-refractivity contribution in [3.63, 3.8) is 0 Å². The molecule has 136 valence electrons. The molecule has 1 fully saturated rings. The standard InChI is InChI=1S/C17H36NOSi.2CH3.Ti/c1-11(2)19-20(10,18-17(7,8)9)16-14(5)12(3)13(4)15(16)6;;;/h11-16H,1-10H3;2*1H3;/q3*-1;+4. The fraction of sp³-hybridized carbons (Fsp3) is 0.895. The summed E-state index contributed by atoms with van der Waals surface area (Å²) in [6.45, 7) is 22.9. The first kappa shape index (κ1) is 28.6. The minimum Gasteiger partial charge on any atom is -0.637 e. The van der Waals surface area contributed by atoms with Crippen LogP contribution in [0, 0.1) is 38.5 Å². The van der Waals surface area contributed by atoms with E-state index in [1.165, 1.54) is 0 Å². The van der Waals surface area contributed by atoms with E-state index in [0.717, 1.165) is 11.8 Å². The van der Waals surface area contributed by atoms with E-state index in [9.17, 15) is 0 Å². The maximum absolute atomic E-state index is 6.51. The molecule has 1 aliphatic carbocycles. The van der Waals surface area contributed by atoms with Crippen LogP contribution in [0.1, 0.15) is 62.3 Å². The molecule has 5 unspecified atom stereocenters. The molecule has 0 N–H and O–H groups in total. The van der Waals surface area contributed by atoms with Crippen LogP contribution < -0.4 is 0 Å². The Labute approximate surface area is 164 Å². The third-order valence-corrected chi connectivity index (χ3v) is 9.62. The van der Waals surface area contributed by atoms with E-state index in [-0.39, 0.29) is 48.2 Å². The Balaban J connectivity index is -0.00000133. The van der Waals surface area contributed by atoms with Gasteiger partial charge in [-0.2, -0.15) is 0 Å². The minimum absolute atomic E-state index is 0. The van der Waals surface area contributed by atoms with Crippen LogP contribution in [0.5, 0.6) is 0 Å². The van der Waals surface area contributed by atoms with Crippen LogP contribution in [0.3, 0.4) is 0 Å². The fourth-order valence-corrected chi connectivity index (χ4v) is 9.59. The van der Waals surface area contributed by atoms with E-state index in [0.29, 0.717) is 17.4 Å². The first-order valence-electron chi connectivity index (χ1n) is 8.31. The van der Waals surface area contributed by atoms with Gasteiger partial charge in [0.1, 0.15) is 0 Å². The van der Waals surface area contributed by atoms with E-state index in [4.69, 9.17) is 9.41 Å². The third kappa shape index (κ3) is 6.93. The molecule has 0 aromatic rings. The van der Waals surface area contributed by atoms with E-state index >= 15 is 0 Å². The smallest absolute Gasteiger partial charge is 0.637 e. The van der Waals surface area contributed by atoms with E-state index in [2.05, 4.69) is 68.9 Å². The van der Waals surface area contributed by atoms with Crippen LogP contribution in [0.4, 0.5) is 0 Å². The van der Waals surface area contributed by atoms with Crippen molar-refractivity contribution in [1.82, 2.24) is 0 Å². The first-order valence-corrected chi connectivity index (χ1v) is 10.7. The number of hydrogen-bond acceptors (Lipinski definition) is 1. The molecule has 0 amide bonds. The van der Waals surface area contributed by atoms with E-state index < -0.39 is 8.48 Å². The molecule has 0 aromatic heterocycles. The van der Waals surface area contributed by atoms with Crippen LogP contribution in [-0.2, 0) is 26.1 Å². The average molecular weight is 377 g/mol. The topological polar surface area (TPSA) is 23.3 Å². The molecule has 2 nitrogen and oxygen atoms in total. The van der Waals surface area contributed by atoms with E-state index in [1.807, 2.05) is 0 Å². The van der Waals surface area contributed by atoms with Gasteiger partial charge < -0.3 is 24.3 Å². The molecule has 0 radical (unpaired) electrons. The van der Waals surface area contributed by atoms with Crippen molar-refractivity contribution in [3.8, 4) is 0 Å². The Morgan fingerprint density at radius 1 is 0.870 bits per heavy atom. The molecule has 1 aliphatic rings. The second-order valence-electron chi connectivity index (χ2n) is 8.47. The van der Waals surface area contributed by atoms with Gasteiger partial charge in [-0.15, -0.1) is 5.54 Å². The van der Waals surface area contributed by atoms with Crippen molar-refractivity contribution in [3.05, 3.63) is 19.8 Å². The Morgan fingerprint density at radius 2 is 1.22 bits per heavy atom. The Bertz CT molecular complexity index is 318. The van der Waals surface area contributed by atoms with Gasteiger partial charge in [-0.1, -0.05) is 55.0 Å². The summed E-state index contributed by atoms with van der Waals surface area (Å²) in [4.78, 5) is 5.25. The summed E-state index contributed by atoms with van der Waals surface area (Å²) < 4.78 is 6.51. The molecule has 0 saturated heterocycles. The van der Waals surface area contributed by atoms with Gasteiger partial charge in [0.15, 0.2) is 0 Å². The molecule has 0 spiro atoms. The second kappa shape index (κ2) is 10.1. The molecule has 0 aliphatic heterocycles. The van der Waals surface area contributed by atoms with Crippen molar-refractivity contribution in [1.29, 1.82) is 0 Å². The molecule has 0 heterocycles. The van der Waals surface area contributed by atoms with Gasteiger partial charge in [-0.3, -0.25) is 0 Å². The summed E-state index contributed by atoms with van der Waals surface area (Å²) in [5.41, 5.74) is 0.624. The van der Waals surface area contributed by atoms with Gasteiger partial charge in [0.05, 0.1) is 8.48 Å². The Hall–Kier alpha value is 0.851. The van der Waals surface area contributed by atoms with Crippen LogP contribution in [-0.4, -0.2) is 20.1 Å².